The summed E-state index contributed by atoms with van der Waals surface area (Å²) in [4.78, 5) is 51.2. The van der Waals surface area contributed by atoms with Crippen molar-refractivity contribution in [2.75, 3.05) is 11.9 Å². The number of carbonyl (C=O) groups is 2. The van der Waals surface area contributed by atoms with E-state index in [9.17, 15) is 19.2 Å². The second-order valence-electron chi connectivity index (χ2n) is 9.68. The van der Waals surface area contributed by atoms with Gasteiger partial charge in [0.25, 0.3) is 5.56 Å². The predicted molar refractivity (Wildman–Crippen MR) is 143 cm³/mol. The first-order chi connectivity index (χ1) is 17.2. The minimum Gasteiger partial charge on any atom is -0.356 e. The highest BCUT2D eigenvalue weighted by Gasteiger charge is 2.15. The number of rotatable bonds is 11. The zero-order valence-electron chi connectivity index (χ0n) is 21.6. The fourth-order valence-electron chi connectivity index (χ4n) is 4.03. The molecule has 0 saturated carbocycles. The summed E-state index contributed by atoms with van der Waals surface area (Å²) in [5, 5.41) is 6.12. The first-order valence-corrected chi connectivity index (χ1v) is 12.5. The lowest BCUT2D eigenvalue weighted by atomic mass is 10.1. The van der Waals surface area contributed by atoms with Crippen LogP contribution in [0.3, 0.4) is 0 Å². The number of para-hydroxylation sites is 1. The van der Waals surface area contributed by atoms with Gasteiger partial charge in [0.2, 0.25) is 11.8 Å². The Morgan fingerprint density at radius 3 is 2.39 bits per heavy atom. The minimum atomic E-state index is -0.532. The van der Waals surface area contributed by atoms with Crippen LogP contribution >= 0.6 is 0 Å². The van der Waals surface area contributed by atoms with Crippen molar-refractivity contribution in [1.82, 2.24) is 14.5 Å². The average Bonchev–Trinajstić information content (AvgIpc) is 2.83. The van der Waals surface area contributed by atoms with Gasteiger partial charge >= 0.3 is 5.69 Å². The van der Waals surface area contributed by atoms with Crippen LogP contribution in [0.5, 0.6) is 0 Å². The predicted octanol–water partition coefficient (Wildman–Crippen LogP) is 3.75. The molecule has 2 aromatic carbocycles. The van der Waals surface area contributed by atoms with Gasteiger partial charge in [0, 0.05) is 25.2 Å². The Bertz CT molecular complexity index is 1350. The Morgan fingerprint density at radius 1 is 0.917 bits per heavy atom. The monoisotopic (exact) mass is 492 g/mol. The molecule has 1 aromatic heterocycles. The molecule has 8 nitrogen and oxygen atoms in total. The van der Waals surface area contributed by atoms with Crippen molar-refractivity contribution in [3.63, 3.8) is 0 Å². The van der Waals surface area contributed by atoms with Crippen molar-refractivity contribution in [1.29, 1.82) is 0 Å². The Balaban J connectivity index is 1.74. The van der Waals surface area contributed by atoms with Crippen molar-refractivity contribution in [2.24, 2.45) is 5.92 Å². The molecule has 0 atom stereocenters. The van der Waals surface area contributed by atoms with Gasteiger partial charge in [-0.15, -0.1) is 0 Å². The van der Waals surface area contributed by atoms with Crippen LogP contribution in [0, 0.1) is 19.8 Å². The quantitative estimate of drug-likeness (QED) is 0.398. The summed E-state index contributed by atoms with van der Waals surface area (Å²) < 4.78 is 2.51. The fourth-order valence-corrected chi connectivity index (χ4v) is 4.03. The molecule has 192 valence electrons. The lowest BCUT2D eigenvalue weighted by Crippen LogP contribution is -2.41. The number of benzene rings is 2. The molecule has 0 aliphatic heterocycles. The standard InChI is InChI=1S/C28H36N4O4/c1-19(2)14-15-29-25(33)11-7-8-16-31-27(35)23-9-5-6-10-24(23)32(28(31)36)18-26(34)30-22-13-12-20(3)21(4)17-22/h5-6,9-10,12-13,17,19H,7-8,11,14-16,18H2,1-4H3,(H,29,33)(H,30,34). The van der Waals surface area contributed by atoms with Crippen LogP contribution in [0.2, 0.25) is 0 Å². The molecule has 8 heteroatoms. The van der Waals surface area contributed by atoms with E-state index >= 15 is 0 Å². The van der Waals surface area contributed by atoms with Gasteiger partial charge in [0.1, 0.15) is 6.54 Å². The van der Waals surface area contributed by atoms with Crippen molar-refractivity contribution in [3.8, 4) is 0 Å². The van der Waals surface area contributed by atoms with Gasteiger partial charge in [0.15, 0.2) is 0 Å². The summed E-state index contributed by atoms with van der Waals surface area (Å²) in [7, 11) is 0. The highest BCUT2D eigenvalue weighted by Crippen LogP contribution is 2.15. The third-order valence-electron chi connectivity index (χ3n) is 6.30. The molecule has 0 aliphatic carbocycles. The van der Waals surface area contributed by atoms with Crippen molar-refractivity contribution < 1.29 is 9.59 Å². The van der Waals surface area contributed by atoms with Gasteiger partial charge in [-0.05, 0) is 74.4 Å². The van der Waals surface area contributed by atoms with E-state index in [-0.39, 0.29) is 30.5 Å². The summed E-state index contributed by atoms with van der Waals surface area (Å²) in [6, 6.07) is 12.4. The van der Waals surface area contributed by atoms with Crippen LogP contribution in [0.15, 0.2) is 52.1 Å². The van der Waals surface area contributed by atoms with Gasteiger partial charge in [-0.1, -0.05) is 32.0 Å². The Kier molecular flexibility index (Phi) is 9.22. The van der Waals surface area contributed by atoms with Gasteiger partial charge in [0.05, 0.1) is 10.9 Å². The summed E-state index contributed by atoms with van der Waals surface area (Å²) in [5.41, 5.74) is 2.33. The molecule has 2 N–H and O–H groups in total. The molecule has 3 rings (SSSR count). The molecule has 0 aliphatic rings. The summed E-state index contributed by atoms with van der Waals surface area (Å²) in [6.07, 6.45) is 2.32. The Hall–Kier alpha value is -3.68. The minimum absolute atomic E-state index is 0.0260. The molecule has 0 fully saturated rings. The first kappa shape index (κ1) is 26.9. The lowest BCUT2D eigenvalue weighted by Gasteiger charge is -2.14. The summed E-state index contributed by atoms with van der Waals surface area (Å²) >= 11 is 0. The average molecular weight is 493 g/mol. The Labute approximate surface area is 211 Å². The van der Waals surface area contributed by atoms with Crippen LogP contribution in [0.1, 0.15) is 50.7 Å². The van der Waals surface area contributed by atoms with E-state index in [4.69, 9.17) is 0 Å². The van der Waals surface area contributed by atoms with E-state index in [2.05, 4.69) is 24.5 Å². The molecular weight excluding hydrogens is 456 g/mol. The molecule has 0 bridgehead atoms. The maximum Gasteiger partial charge on any atom is 0.331 e. The zero-order chi connectivity index (χ0) is 26.2. The number of aromatic nitrogens is 2. The van der Waals surface area contributed by atoms with Crippen LogP contribution in [-0.2, 0) is 22.7 Å². The second-order valence-corrected chi connectivity index (χ2v) is 9.68. The van der Waals surface area contributed by atoms with Crippen molar-refractivity contribution in [2.45, 2.75) is 66.5 Å². The van der Waals surface area contributed by atoms with Crippen LogP contribution < -0.4 is 21.9 Å². The SMILES string of the molecule is Cc1ccc(NC(=O)Cn2c(=O)n(CCCCC(=O)NCCC(C)C)c(=O)c3ccccc32)cc1C. The molecule has 1 heterocycles. The van der Waals surface area contributed by atoms with E-state index in [0.29, 0.717) is 48.3 Å². The molecule has 0 radical (unpaired) electrons. The number of carbonyl (C=O) groups excluding carboxylic acids is 2. The van der Waals surface area contributed by atoms with Crippen molar-refractivity contribution >= 4 is 28.4 Å². The normalized spacial score (nSPS) is 11.1. The molecule has 0 spiro atoms. The number of anilines is 1. The maximum absolute atomic E-state index is 13.3. The topological polar surface area (TPSA) is 102 Å². The third kappa shape index (κ3) is 6.93. The van der Waals surface area contributed by atoms with E-state index in [1.54, 1.807) is 24.3 Å². The summed E-state index contributed by atoms with van der Waals surface area (Å²) in [6.45, 7) is 8.78. The van der Waals surface area contributed by atoms with E-state index < -0.39 is 5.69 Å². The van der Waals surface area contributed by atoms with Crippen LogP contribution in [0.4, 0.5) is 5.69 Å². The van der Waals surface area contributed by atoms with Crippen LogP contribution in [0.25, 0.3) is 10.9 Å². The maximum atomic E-state index is 13.3. The molecule has 3 aromatic rings. The largest absolute Gasteiger partial charge is 0.356 e. The van der Waals surface area contributed by atoms with E-state index in [1.807, 2.05) is 32.0 Å². The van der Waals surface area contributed by atoms with Gasteiger partial charge in [-0.2, -0.15) is 0 Å². The molecular formula is C28H36N4O4. The lowest BCUT2D eigenvalue weighted by molar-refractivity contribution is -0.121. The first-order valence-electron chi connectivity index (χ1n) is 12.5. The molecule has 0 unspecified atom stereocenters. The number of hydrogen-bond acceptors (Lipinski definition) is 4. The number of nitrogens with one attached hydrogen (secondary N) is 2. The fraction of sp³-hybridized carbons (Fsp3) is 0.429. The number of unbranched alkanes of at least 4 members (excludes halogenated alkanes) is 1. The van der Waals surface area contributed by atoms with Crippen LogP contribution in [-0.4, -0.2) is 27.5 Å². The van der Waals surface area contributed by atoms with Gasteiger partial charge < -0.3 is 10.6 Å². The number of fused-ring (bicyclic) bond motifs is 1. The van der Waals surface area contributed by atoms with Gasteiger partial charge in [-0.25, -0.2) is 4.79 Å². The highest BCUT2D eigenvalue weighted by atomic mass is 16.2. The number of amides is 2. The Morgan fingerprint density at radius 2 is 1.67 bits per heavy atom. The molecule has 36 heavy (non-hydrogen) atoms. The summed E-state index contributed by atoms with van der Waals surface area (Å²) in [5.74, 6) is 0.144. The molecule has 0 saturated heterocycles. The zero-order valence-corrected chi connectivity index (χ0v) is 21.6. The number of aryl methyl sites for hydroxylation is 2. The van der Waals surface area contributed by atoms with E-state index in [0.717, 1.165) is 17.5 Å². The third-order valence-corrected chi connectivity index (χ3v) is 6.30. The molecule has 2 amide bonds. The highest BCUT2D eigenvalue weighted by molar-refractivity contribution is 5.91. The smallest absolute Gasteiger partial charge is 0.331 e. The number of nitrogens with zero attached hydrogens (tertiary/aromatic N) is 2. The van der Waals surface area contributed by atoms with Gasteiger partial charge in [-0.3, -0.25) is 23.5 Å². The van der Waals surface area contributed by atoms with E-state index in [1.165, 1.54) is 9.13 Å². The van der Waals surface area contributed by atoms with Crippen molar-refractivity contribution in [3.05, 3.63) is 74.4 Å². The number of hydrogen-bond donors (Lipinski definition) is 2. The second kappa shape index (κ2) is 12.3.